The largest absolute Gasteiger partial charge is 0.456 e. The van der Waals surface area contributed by atoms with Crippen LogP contribution in [0.4, 0.5) is 10.1 Å². The maximum absolute atomic E-state index is 13.4. The summed E-state index contributed by atoms with van der Waals surface area (Å²) in [5.74, 6) is -0.577. The van der Waals surface area contributed by atoms with Crippen LogP contribution in [-0.2, 0) is 0 Å². The Balaban J connectivity index is 2.41. The molecule has 0 radical (unpaired) electrons. The molecule has 0 heterocycles. The Morgan fingerprint density at radius 1 is 1.29 bits per heavy atom. The molecule has 0 unspecified atom stereocenters. The van der Waals surface area contributed by atoms with Gasteiger partial charge in [0.15, 0.2) is 5.78 Å². The van der Waals surface area contributed by atoms with E-state index in [4.69, 9.17) is 4.74 Å². The molecule has 0 spiro atoms. The van der Waals surface area contributed by atoms with E-state index in [1.165, 1.54) is 31.2 Å². The van der Waals surface area contributed by atoms with Crippen molar-refractivity contribution in [3.8, 4) is 11.5 Å². The number of nitro benzene ring substituents is 1. The number of benzene rings is 2. The van der Waals surface area contributed by atoms with Crippen LogP contribution in [0.1, 0.15) is 17.3 Å². The summed E-state index contributed by atoms with van der Waals surface area (Å²) in [5.41, 5.74) is -0.151. The summed E-state index contributed by atoms with van der Waals surface area (Å²) in [4.78, 5) is 21.7. The van der Waals surface area contributed by atoms with E-state index >= 15 is 0 Å². The smallest absolute Gasteiger partial charge is 0.270 e. The minimum Gasteiger partial charge on any atom is -0.456 e. The zero-order chi connectivity index (χ0) is 15.6. The maximum Gasteiger partial charge on any atom is 0.270 e. The highest BCUT2D eigenvalue weighted by Gasteiger charge is 2.16. The van der Waals surface area contributed by atoms with Crippen molar-refractivity contribution in [1.29, 1.82) is 0 Å². The molecule has 0 saturated heterocycles. The molecule has 0 atom stereocenters. The average Bonchev–Trinajstić information content (AvgIpc) is 2.43. The van der Waals surface area contributed by atoms with Gasteiger partial charge in [-0.25, -0.2) is 4.39 Å². The Bertz CT molecular complexity index is 733. The lowest BCUT2D eigenvalue weighted by molar-refractivity contribution is -0.384. The second-order valence-corrected chi connectivity index (χ2v) is 5.03. The van der Waals surface area contributed by atoms with Gasteiger partial charge >= 0.3 is 0 Å². The summed E-state index contributed by atoms with van der Waals surface area (Å²) in [6, 6.07) is 7.79. The molecule has 2 aromatic carbocycles. The molecule has 108 valence electrons. The highest BCUT2D eigenvalue weighted by molar-refractivity contribution is 9.10. The van der Waals surface area contributed by atoms with Crippen LogP contribution in [0, 0.1) is 15.9 Å². The van der Waals surface area contributed by atoms with Crippen LogP contribution in [-0.4, -0.2) is 10.7 Å². The maximum atomic E-state index is 13.4. The first kappa shape index (κ1) is 15.1. The molecule has 7 heteroatoms. The molecule has 0 fully saturated rings. The van der Waals surface area contributed by atoms with Crippen LogP contribution in [0.3, 0.4) is 0 Å². The number of ether oxygens (including phenoxy) is 1. The fourth-order valence-electron chi connectivity index (χ4n) is 1.66. The van der Waals surface area contributed by atoms with E-state index in [-0.39, 0.29) is 33.0 Å². The molecule has 0 aromatic heterocycles. The minimum absolute atomic E-state index is 0.0625. The number of rotatable bonds is 4. The van der Waals surface area contributed by atoms with Crippen molar-refractivity contribution in [2.45, 2.75) is 6.92 Å². The summed E-state index contributed by atoms with van der Waals surface area (Å²) >= 11 is 3.02. The Morgan fingerprint density at radius 2 is 2.00 bits per heavy atom. The van der Waals surface area contributed by atoms with Gasteiger partial charge in [0.2, 0.25) is 0 Å². The summed E-state index contributed by atoms with van der Waals surface area (Å²) in [6.07, 6.45) is 0. The van der Waals surface area contributed by atoms with Crippen LogP contribution in [0.25, 0.3) is 0 Å². The molecule has 5 nitrogen and oxygen atoms in total. The van der Waals surface area contributed by atoms with E-state index in [9.17, 15) is 19.3 Å². The van der Waals surface area contributed by atoms with Gasteiger partial charge in [0.1, 0.15) is 17.3 Å². The molecule has 0 N–H and O–H groups in total. The number of Topliss-reactive ketones (excluding diaryl/α,β-unsaturated/α-hetero) is 1. The van der Waals surface area contributed by atoms with E-state index in [1.807, 2.05) is 0 Å². The molecule has 0 amide bonds. The lowest BCUT2D eigenvalue weighted by Crippen LogP contribution is -1.99. The number of nitrogens with zero attached hydrogens (tertiary/aromatic N) is 1. The summed E-state index contributed by atoms with van der Waals surface area (Å²) < 4.78 is 19.1. The van der Waals surface area contributed by atoms with E-state index in [2.05, 4.69) is 15.9 Å². The molecular formula is C14H9BrFNO4. The van der Waals surface area contributed by atoms with Gasteiger partial charge in [0.05, 0.1) is 15.0 Å². The van der Waals surface area contributed by atoms with Crippen LogP contribution in [0.5, 0.6) is 11.5 Å². The van der Waals surface area contributed by atoms with E-state index < -0.39 is 10.7 Å². The van der Waals surface area contributed by atoms with E-state index in [0.29, 0.717) is 0 Å². The number of carbonyl (C=O) groups excluding carboxylic acids is 1. The number of non-ortho nitro benzene ring substituents is 1. The number of hydrogen-bond acceptors (Lipinski definition) is 4. The quantitative estimate of drug-likeness (QED) is 0.461. The zero-order valence-electron chi connectivity index (χ0n) is 10.8. The molecule has 0 aliphatic rings. The van der Waals surface area contributed by atoms with Crippen molar-refractivity contribution >= 4 is 27.4 Å². The molecule has 2 rings (SSSR count). The fourth-order valence-corrected chi connectivity index (χ4v) is 1.91. The van der Waals surface area contributed by atoms with Crippen molar-refractivity contribution in [2.24, 2.45) is 0 Å². The number of nitro groups is 1. The molecule has 0 aliphatic heterocycles. The van der Waals surface area contributed by atoms with Crippen LogP contribution in [0.15, 0.2) is 40.9 Å². The Labute approximate surface area is 127 Å². The van der Waals surface area contributed by atoms with Crippen molar-refractivity contribution in [2.75, 3.05) is 0 Å². The first-order valence-corrected chi connectivity index (χ1v) is 6.60. The fraction of sp³-hybridized carbons (Fsp3) is 0.0714. The molecule has 21 heavy (non-hydrogen) atoms. The zero-order valence-corrected chi connectivity index (χ0v) is 12.4. The minimum atomic E-state index is -0.602. The number of carbonyl (C=O) groups is 1. The van der Waals surface area contributed by atoms with Crippen LogP contribution < -0.4 is 4.74 Å². The summed E-state index contributed by atoms with van der Waals surface area (Å²) in [5, 5.41) is 10.7. The van der Waals surface area contributed by atoms with Crippen LogP contribution >= 0.6 is 15.9 Å². The molecule has 2 aromatic rings. The number of hydrogen-bond donors (Lipinski definition) is 0. The number of halogens is 2. The van der Waals surface area contributed by atoms with Crippen molar-refractivity contribution < 1.29 is 18.8 Å². The first-order valence-electron chi connectivity index (χ1n) is 5.81. The lowest BCUT2D eigenvalue weighted by Gasteiger charge is -2.09. The Morgan fingerprint density at radius 3 is 2.57 bits per heavy atom. The summed E-state index contributed by atoms with van der Waals surface area (Å²) in [6.45, 7) is 1.27. The second-order valence-electron chi connectivity index (χ2n) is 4.17. The Kier molecular flexibility index (Phi) is 4.32. The third kappa shape index (κ3) is 3.43. The lowest BCUT2D eigenvalue weighted by atomic mass is 10.1. The molecular weight excluding hydrogens is 345 g/mol. The highest BCUT2D eigenvalue weighted by Crippen LogP contribution is 2.30. The normalized spacial score (nSPS) is 10.2. The van der Waals surface area contributed by atoms with Gasteiger partial charge in [-0.1, -0.05) is 0 Å². The van der Waals surface area contributed by atoms with Crippen molar-refractivity contribution in [1.82, 2.24) is 0 Å². The van der Waals surface area contributed by atoms with Gasteiger partial charge in [-0.3, -0.25) is 14.9 Å². The molecule has 0 saturated carbocycles. The monoisotopic (exact) mass is 353 g/mol. The van der Waals surface area contributed by atoms with Crippen LogP contribution in [0.2, 0.25) is 0 Å². The average molecular weight is 354 g/mol. The number of ketones is 1. The topological polar surface area (TPSA) is 69.4 Å². The van der Waals surface area contributed by atoms with Gasteiger partial charge in [-0.05, 0) is 41.1 Å². The van der Waals surface area contributed by atoms with E-state index in [0.717, 1.165) is 12.1 Å². The van der Waals surface area contributed by atoms with E-state index in [1.54, 1.807) is 0 Å². The highest BCUT2D eigenvalue weighted by atomic mass is 79.9. The SMILES string of the molecule is CC(=O)c1cc([N+](=O)[O-])ccc1Oc1ccc(Br)c(F)c1. The van der Waals surface area contributed by atoms with Gasteiger partial charge in [-0.2, -0.15) is 0 Å². The third-order valence-corrected chi connectivity index (χ3v) is 3.32. The third-order valence-electron chi connectivity index (χ3n) is 2.67. The van der Waals surface area contributed by atoms with Gasteiger partial charge in [0, 0.05) is 18.2 Å². The van der Waals surface area contributed by atoms with Gasteiger partial charge in [-0.15, -0.1) is 0 Å². The van der Waals surface area contributed by atoms with Crippen molar-refractivity contribution in [3.05, 3.63) is 62.4 Å². The Hall–Kier alpha value is -2.28. The molecule has 0 aliphatic carbocycles. The van der Waals surface area contributed by atoms with Gasteiger partial charge in [0.25, 0.3) is 5.69 Å². The second kappa shape index (κ2) is 6.01. The standard InChI is InChI=1S/C14H9BrFNO4/c1-8(18)11-6-9(17(19)20)2-5-14(11)21-10-3-4-12(15)13(16)7-10/h2-7H,1H3. The summed E-state index contributed by atoms with van der Waals surface area (Å²) in [7, 11) is 0. The molecule has 0 bridgehead atoms. The first-order chi connectivity index (χ1) is 9.88. The predicted octanol–water partition coefficient (Wildman–Crippen LogP) is 4.49. The van der Waals surface area contributed by atoms with Crippen molar-refractivity contribution in [3.63, 3.8) is 0 Å². The van der Waals surface area contributed by atoms with Gasteiger partial charge < -0.3 is 4.74 Å². The predicted molar refractivity (Wildman–Crippen MR) is 77.3 cm³/mol.